The molecule has 3 aromatic rings. The molecule has 0 aliphatic carbocycles. The first kappa shape index (κ1) is 20.6. The first-order chi connectivity index (χ1) is 13.6. The fraction of sp³-hybridized carbons (Fsp3) is 0.300. The van der Waals surface area contributed by atoms with Gasteiger partial charge in [0.05, 0.1) is 36.6 Å². The third kappa shape index (κ3) is 4.29. The number of halogens is 1. The lowest BCUT2D eigenvalue weighted by molar-refractivity contribution is 0.0993. The Hall–Kier alpha value is -2.16. The molecule has 1 heterocycles. The molecular formula is C20H21BrN2O4S. The molecule has 0 saturated carbocycles. The molecule has 0 spiro atoms. The molecule has 0 aliphatic heterocycles. The minimum absolute atomic E-state index is 0.358. The average Bonchev–Trinajstić information content (AvgIpc) is 3.03. The second kappa shape index (κ2) is 9.36. The third-order valence-corrected chi connectivity index (χ3v) is 5.67. The summed E-state index contributed by atoms with van der Waals surface area (Å²) in [6.45, 7) is 3.75. The highest BCUT2D eigenvalue weighted by Crippen LogP contribution is 2.31. The fourth-order valence-corrected chi connectivity index (χ4v) is 4.46. The van der Waals surface area contributed by atoms with Crippen LogP contribution in [0.1, 0.15) is 17.3 Å². The molecule has 0 atom stereocenters. The zero-order chi connectivity index (χ0) is 20.1. The van der Waals surface area contributed by atoms with Gasteiger partial charge >= 0.3 is 0 Å². The molecule has 1 aromatic heterocycles. The largest absolute Gasteiger partial charge is 0.493 e. The summed E-state index contributed by atoms with van der Waals surface area (Å²) in [6.07, 6.45) is 0. The second-order valence-corrected chi connectivity index (χ2v) is 7.73. The number of aromatic nitrogens is 1. The predicted molar refractivity (Wildman–Crippen MR) is 113 cm³/mol. The molecule has 0 radical (unpaired) electrons. The standard InChI is InChI=1S/C20H21BrN2O4S/c1-4-27-11-10-23-15-9-8-13(21)12-17(15)28-20(23)22-19(24)14-6-5-7-16(25-2)18(14)26-3/h5-9,12H,4,10-11H2,1-3H3. The number of methoxy groups -OCH3 is 2. The van der Waals surface area contributed by atoms with Gasteiger partial charge in [-0.2, -0.15) is 4.99 Å². The SMILES string of the molecule is CCOCCn1c(=NC(=O)c2cccc(OC)c2OC)sc2cc(Br)ccc21. The van der Waals surface area contributed by atoms with E-state index in [9.17, 15) is 4.79 Å². The van der Waals surface area contributed by atoms with Crippen LogP contribution in [-0.4, -0.2) is 37.9 Å². The van der Waals surface area contributed by atoms with E-state index in [0.717, 1.165) is 14.7 Å². The molecule has 28 heavy (non-hydrogen) atoms. The maximum absolute atomic E-state index is 12.9. The Balaban J connectivity index is 2.10. The maximum atomic E-state index is 12.9. The number of nitrogens with zero attached hydrogens (tertiary/aromatic N) is 2. The van der Waals surface area contributed by atoms with E-state index >= 15 is 0 Å². The lowest BCUT2D eigenvalue weighted by atomic mass is 10.2. The van der Waals surface area contributed by atoms with Gasteiger partial charge in [-0.05, 0) is 37.3 Å². The molecule has 0 bridgehead atoms. The molecule has 0 saturated heterocycles. The first-order valence-corrected chi connectivity index (χ1v) is 10.4. The van der Waals surface area contributed by atoms with E-state index in [2.05, 4.69) is 20.9 Å². The van der Waals surface area contributed by atoms with Gasteiger partial charge in [-0.25, -0.2) is 0 Å². The van der Waals surface area contributed by atoms with Crippen molar-refractivity contribution in [1.82, 2.24) is 4.57 Å². The van der Waals surface area contributed by atoms with Crippen LogP contribution in [0.15, 0.2) is 45.9 Å². The van der Waals surface area contributed by atoms with Crippen LogP contribution < -0.4 is 14.3 Å². The van der Waals surface area contributed by atoms with Crippen molar-refractivity contribution in [1.29, 1.82) is 0 Å². The van der Waals surface area contributed by atoms with Crippen LogP contribution >= 0.6 is 27.3 Å². The van der Waals surface area contributed by atoms with E-state index in [1.54, 1.807) is 18.2 Å². The minimum atomic E-state index is -0.383. The number of ether oxygens (including phenoxy) is 3. The van der Waals surface area contributed by atoms with E-state index in [-0.39, 0.29) is 5.91 Å². The van der Waals surface area contributed by atoms with Crippen molar-refractivity contribution in [2.45, 2.75) is 13.5 Å². The average molecular weight is 465 g/mol. The van der Waals surface area contributed by atoms with Crippen LogP contribution in [0.2, 0.25) is 0 Å². The van der Waals surface area contributed by atoms with Gasteiger partial charge in [0.1, 0.15) is 0 Å². The van der Waals surface area contributed by atoms with E-state index in [4.69, 9.17) is 14.2 Å². The molecule has 2 aromatic carbocycles. The van der Waals surface area contributed by atoms with Crippen molar-refractivity contribution >= 4 is 43.4 Å². The van der Waals surface area contributed by atoms with Gasteiger partial charge in [-0.15, -0.1) is 0 Å². The summed E-state index contributed by atoms with van der Waals surface area (Å²) in [5, 5.41) is 0. The number of hydrogen-bond acceptors (Lipinski definition) is 5. The lowest BCUT2D eigenvalue weighted by Gasteiger charge is -2.10. The molecule has 0 aliphatic rings. The van der Waals surface area contributed by atoms with Gasteiger partial charge in [-0.3, -0.25) is 4.79 Å². The van der Waals surface area contributed by atoms with Crippen molar-refractivity contribution in [2.24, 2.45) is 4.99 Å². The third-order valence-electron chi connectivity index (χ3n) is 4.14. The molecule has 3 rings (SSSR count). The number of hydrogen-bond donors (Lipinski definition) is 0. The molecule has 0 fully saturated rings. The van der Waals surface area contributed by atoms with Crippen molar-refractivity contribution < 1.29 is 19.0 Å². The van der Waals surface area contributed by atoms with E-state index < -0.39 is 0 Å². The zero-order valence-electron chi connectivity index (χ0n) is 15.9. The number of rotatable bonds is 7. The maximum Gasteiger partial charge on any atom is 0.283 e. The lowest BCUT2D eigenvalue weighted by Crippen LogP contribution is -2.20. The van der Waals surface area contributed by atoms with Gasteiger partial charge in [0.25, 0.3) is 5.91 Å². The van der Waals surface area contributed by atoms with E-state index in [1.165, 1.54) is 25.6 Å². The molecule has 0 unspecified atom stereocenters. The molecule has 148 valence electrons. The van der Waals surface area contributed by atoms with Gasteiger partial charge in [0.2, 0.25) is 0 Å². The molecule has 6 nitrogen and oxygen atoms in total. The number of benzene rings is 2. The van der Waals surface area contributed by atoms with Crippen molar-refractivity contribution in [2.75, 3.05) is 27.4 Å². The van der Waals surface area contributed by atoms with Crippen molar-refractivity contribution in [3.05, 3.63) is 51.2 Å². The van der Waals surface area contributed by atoms with Crippen LogP contribution in [0, 0.1) is 0 Å². The smallest absolute Gasteiger partial charge is 0.283 e. The predicted octanol–water partition coefficient (Wildman–Crippen LogP) is 4.26. The van der Waals surface area contributed by atoms with Crippen LogP contribution in [0.3, 0.4) is 0 Å². The Labute approximate surface area is 175 Å². The highest BCUT2D eigenvalue weighted by molar-refractivity contribution is 9.10. The first-order valence-electron chi connectivity index (χ1n) is 8.75. The molecule has 8 heteroatoms. The van der Waals surface area contributed by atoms with Crippen LogP contribution in [0.4, 0.5) is 0 Å². The normalized spacial score (nSPS) is 11.8. The number of carbonyl (C=O) groups excluding carboxylic acids is 1. The van der Waals surface area contributed by atoms with Crippen LogP contribution in [0.25, 0.3) is 10.2 Å². The van der Waals surface area contributed by atoms with Gasteiger partial charge in [0.15, 0.2) is 16.3 Å². The number of para-hydroxylation sites is 1. The highest BCUT2D eigenvalue weighted by atomic mass is 79.9. The zero-order valence-corrected chi connectivity index (χ0v) is 18.3. The van der Waals surface area contributed by atoms with Crippen LogP contribution in [0.5, 0.6) is 11.5 Å². The Kier molecular flexibility index (Phi) is 6.88. The quantitative estimate of drug-likeness (QED) is 0.490. The summed E-state index contributed by atoms with van der Waals surface area (Å²) < 4.78 is 20.2. The molecule has 1 amide bonds. The number of thiazole rings is 1. The van der Waals surface area contributed by atoms with Crippen molar-refractivity contribution in [3.8, 4) is 11.5 Å². The minimum Gasteiger partial charge on any atom is -0.493 e. The number of carbonyl (C=O) groups is 1. The summed E-state index contributed by atoms with van der Waals surface area (Å²) in [4.78, 5) is 17.9. The van der Waals surface area contributed by atoms with Gasteiger partial charge < -0.3 is 18.8 Å². The monoisotopic (exact) mass is 464 g/mol. The number of fused-ring (bicyclic) bond motifs is 1. The fourth-order valence-electron chi connectivity index (χ4n) is 2.85. The Bertz CT molecular complexity index is 1060. The van der Waals surface area contributed by atoms with E-state index in [0.29, 0.717) is 41.6 Å². The molecular weight excluding hydrogens is 444 g/mol. The second-order valence-electron chi connectivity index (χ2n) is 5.80. The van der Waals surface area contributed by atoms with Crippen molar-refractivity contribution in [3.63, 3.8) is 0 Å². The summed E-state index contributed by atoms with van der Waals surface area (Å²) in [5.41, 5.74) is 1.37. The van der Waals surface area contributed by atoms with Crippen LogP contribution in [-0.2, 0) is 11.3 Å². The molecule has 0 N–H and O–H groups in total. The van der Waals surface area contributed by atoms with E-state index in [1.807, 2.05) is 29.7 Å². The number of amides is 1. The summed E-state index contributed by atoms with van der Waals surface area (Å²) in [6, 6.07) is 11.2. The highest BCUT2D eigenvalue weighted by Gasteiger charge is 2.17. The Morgan fingerprint density at radius 1 is 1.21 bits per heavy atom. The Morgan fingerprint density at radius 3 is 2.75 bits per heavy atom. The van der Waals surface area contributed by atoms with Gasteiger partial charge in [0, 0.05) is 17.6 Å². The Morgan fingerprint density at radius 2 is 2.04 bits per heavy atom. The van der Waals surface area contributed by atoms with Gasteiger partial charge in [-0.1, -0.05) is 33.3 Å². The summed E-state index contributed by atoms with van der Waals surface area (Å²) >= 11 is 4.96. The summed E-state index contributed by atoms with van der Waals surface area (Å²) in [5.74, 6) is 0.489. The summed E-state index contributed by atoms with van der Waals surface area (Å²) in [7, 11) is 3.04. The topological polar surface area (TPSA) is 62.1 Å².